The van der Waals surface area contributed by atoms with Gasteiger partial charge in [-0.05, 0) is 0 Å². The van der Waals surface area contributed by atoms with Crippen molar-refractivity contribution in [2.75, 3.05) is 6.54 Å². The second-order valence-corrected chi connectivity index (χ2v) is 2.84. The molecule has 8 heteroatoms. The summed E-state index contributed by atoms with van der Waals surface area (Å²) in [6, 6.07) is -0.813. The number of carbonyl (C=O) groups is 1. The van der Waals surface area contributed by atoms with Crippen LogP contribution >= 0.6 is 0 Å². The highest BCUT2D eigenvalue weighted by molar-refractivity contribution is 5.71. The summed E-state index contributed by atoms with van der Waals surface area (Å²) < 4.78 is 38.6. The number of hydrogen-bond acceptors (Lipinski definition) is 2. The van der Waals surface area contributed by atoms with E-state index in [2.05, 4.69) is 4.74 Å². The van der Waals surface area contributed by atoms with Crippen molar-refractivity contribution in [3.63, 3.8) is 0 Å². The average molecular weight is 236 g/mol. The van der Waals surface area contributed by atoms with Crippen LogP contribution in [0.5, 0.6) is 0 Å². The van der Waals surface area contributed by atoms with Crippen molar-refractivity contribution in [2.24, 2.45) is 0 Å². The minimum atomic E-state index is -4.67. The molecule has 0 bridgehead atoms. The fraction of sp³-hybridized carbons (Fsp3) is 0.833. The van der Waals surface area contributed by atoms with Crippen molar-refractivity contribution in [2.45, 2.75) is 24.9 Å². The number of hydrogen-bond donors (Lipinski definition) is 2. The number of carboxylic acid groups (broad SMARTS) is 1. The Morgan fingerprint density at radius 3 is 2.43 bits per heavy atom. The van der Waals surface area contributed by atoms with E-state index in [1.807, 2.05) is 0 Å². The lowest BCUT2D eigenvalue weighted by molar-refractivity contribution is -0.662. The van der Waals surface area contributed by atoms with Gasteiger partial charge in [-0.15, -0.1) is 13.2 Å². The van der Waals surface area contributed by atoms with Crippen molar-refractivity contribution in [1.29, 1.82) is 0 Å². The first-order chi connectivity index (χ1) is 5.88. The Kier molecular flexibility index (Phi) is 4.63. The topological polar surface area (TPSA) is 63.1 Å². The number of nitrogens with two attached hydrogens (primary N) is 1. The summed E-state index contributed by atoms with van der Waals surface area (Å²) in [5.74, 6) is -1.10. The van der Waals surface area contributed by atoms with E-state index >= 15 is 0 Å². The number of halogens is 4. The number of ether oxygens (including phenoxy) is 1. The number of carboxylic acids is 1. The van der Waals surface area contributed by atoms with Crippen LogP contribution in [-0.4, -0.2) is 36.1 Å². The molecule has 3 N–H and O–H groups in total. The van der Waals surface area contributed by atoms with Gasteiger partial charge in [0, 0.05) is 6.42 Å². The molecule has 0 aliphatic carbocycles. The molecule has 0 saturated carbocycles. The van der Waals surface area contributed by atoms with E-state index in [-0.39, 0.29) is 25.4 Å². The average Bonchev–Trinajstić information content (AvgIpc) is 2.31. The van der Waals surface area contributed by atoms with E-state index in [1.165, 1.54) is 5.32 Å². The molecule has 1 aliphatic heterocycles. The summed E-state index contributed by atoms with van der Waals surface area (Å²) in [5, 5.41) is 9.79. The molecule has 0 unspecified atom stereocenters. The zero-order valence-electron chi connectivity index (χ0n) is 6.92. The van der Waals surface area contributed by atoms with Gasteiger partial charge in [0.2, 0.25) is 0 Å². The molecular formula is C6H9ClF3NO3. The lowest BCUT2D eigenvalue weighted by atomic mass is 10.2. The Hall–Kier alpha value is -0.530. The molecular weight excluding hydrogens is 227 g/mol. The van der Waals surface area contributed by atoms with Crippen LogP contribution in [0.2, 0.25) is 0 Å². The molecule has 1 saturated heterocycles. The maximum atomic E-state index is 11.7. The van der Waals surface area contributed by atoms with E-state index in [4.69, 9.17) is 5.11 Å². The van der Waals surface area contributed by atoms with E-state index in [0.717, 1.165) is 0 Å². The summed E-state index contributed by atoms with van der Waals surface area (Å²) >= 11 is 0. The predicted octanol–water partition coefficient (Wildman–Crippen LogP) is -3.68. The van der Waals surface area contributed by atoms with Gasteiger partial charge in [0.15, 0.2) is 6.04 Å². The Bertz CT molecular complexity index is 211. The molecule has 1 fully saturated rings. The van der Waals surface area contributed by atoms with Gasteiger partial charge in [-0.2, -0.15) is 0 Å². The van der Waals surface area contributed by atoms with Gasteiger partial charge in [-0.3, -0.25) is 4.74 Å². The van der Waals surface area contributed by atoms with Crippen molar-refractivity contribution in [3.8, 4) is 0 Å². The zero-order chi connectivity index (χ0) is 10.1. The van der Waals surface area contributed by atoms with E-state index in [1.54, 1.807) is 0 Å². The van der Waals surface area contributed by atoms with E-state index < -0.39 is 24.5 Å². The number of quaternary nitrogens is 1. The van der Waals surface area contributed by atoms with Crippen molar-refractivity contribution >= 4 is 5.97 Å². The van der Waals surface area contributed by atoms with Crippen LogP contribution in [0.3, 0.4) is 0 Å². The summed E-state index contributed by atoms with van der Waals surface area (Å²) in [5.41, 5.74) is 0. The van der Waals surface area contributed by atoms with Crippen LogP contribution in [0.1, 0.15) is 6.42 Å². The molecule has 0 spiro atoms. The van der Waals surface area contributed by atoms with Gasteiger partial charge in [0.05, 0.1) is 0 Å². The normalized spacial score (nSPS) is 27.1. The highest BCUT2D eigenvalue weighted by Gasteiger charge is 2.41. The molecule has 84 valence electrons. The molecule has 0 radical (unpaired) electrons. The molecule has 4 nitrogen and oxygen atoms in total. The molecule has 0 aromatic carbocycles. The highest BCUT2D eigenvalue weighted by Crippen LogP contribution is 2.21. The quantitative estimate of drug-likeness (QED) is 0.518. The Morgan fingerprint density at radius 2 is 2.07 bits per heavy atom. The molecule has 2 atom stereocenters. The van der Waals surface area contributed by atoms with Crippen LogP contribution in [0, 0.1) is 0 Å². The Morgan fingerprint density at radius 1 is 1.50 bits per heavy atom. The van der Waals surface area contributed by atoms with Gasteiger partial charge >= 0.3 is 12.3 Å². The number of aliphatic carboxylic acids is 1. The third-order valence-electron chi connectivity index (χ3n) is 1.82. The van der Waals surface area contributed by atoms with Crippen molar-refractivity contribution in [1.82, 2.24) is 0 Å². The maximum Gasteiger partial charge on any atom is 0.522 e. The molecule has 14 heavy (non-hydrogen) atoms. The summed E-state index contributed by atoms with van der Waals surface area (Å²) in [7, 11) is 0. The summed E-state index contributed by atoms with van der Waals surface area (Å²) in [6.07, 6.45) is -5.82. The molecule has 1 rings (SSSR count). The van der Waals surface area contributed by atoms with Crippen LogP contribution < -0.4 is 17.7 Å². The fourth-order valence-corrected chi connectivity index (χ4v) is 1.28. The van der Waals surface area contributed by atoms with Gasteiger partial charge in [0.1, 0.15) is 12.6 Å². The van der Waals surface area contributed by atoms with Crippen molar-refractivity contribution < 1.29 is 45.5 Å². The standard InChI is InChI=1S/C6H8F3NO3.ClH/c7-6(8,9)13-3-1-4(5(11)12)10-2-3;/h3-4,10H,1-2H2,(H,11,12);1H/t3-,4-;/m0./s1. The van der Waals surface area contributed by atoms with Crippen molar-refractivity contribution in [3.05, 3.63) is 0 Å². The number of rotatable bonds is 2. The molecule has 1 aliphatic rings. The third kappa shape index (κ3) is 4.12. The number of alkyl halides is 3. The third-order valence-corrected chi connectivity index (χ3v) is 1.82. The first kappa shape index (κ1) is 13.5. The first-order valence-corrected chi connectivity index (χ1v) is 3.69. The van der Waals surface area contributed by atoms with Gasteiger partial charge in [-0.1, -0.05) is 0 Å². The summed E-state index contributed by atoms with van der Waals surface area (Å²) in [4.78, 5) is 10.3. The lowest BCUT2D eigenvalue weighted by Gasteiger charge is -2.10. The Balaban J connectivity index is 0.00000169. The zero-order valence-corrected chi connectivity index (χ0v) is 7.68. The minimum absolute atomic E-state index is 0. The SMILES string of the molecule is O=C(O)[C@@H]1C[C@H](OC(F)(F)F)C[NH2+]1.[Cl-]. The second kappa shape index (κ2) is 4.81. The fourth-order valence-electron chi connectivity index (χ4n) is 1.28. The molecule has 0 aromatic heterocycles. The highest BCUT2D eigenvalue weighted by atomic mass is 35.5. The van der Waals surface area contributed by atoms with E-state index in [9.17, 15) is 18.0 Å². The van der Waals surface area contributed by atoms with E-state index in [0.29, 0.717) is 0 Å². The molecule has 0 amide bonds. The lowest BCUT2D eigenvalue weighted by Crippen LogP contribution is -3.00. The second-order valence-electron chi connectivity index (χ2n) is 2.84. The van der Waals surface area contributed by atoms with Crippen LogP contribution in [0.4, 0.5) is 13.2 Å². The minimum Gasteiger partial charge on any atom is -1.00 e. The predicted molar refractivity (Wildman–Crippen MR) is 33.8 cm³/mol. The van der Waals surface area contributed by atoms with Gasteiger partial charge in [0.25, 0.3) is 0 Å². The molecule has 0 aromatic rings. The smallest absolute Gasteiger partial charge is 0.522 e. The van der Waals surface area contributed by atoms with Crippen LogP contribution in [0.15, 0.2) is 0 Å². The largest absolute Gasteiger partial charge is 1.00 e. The summed E-state index contributed by atoms with van der Waals surface area (Å²) in [6.45, 7) is 0.0382. The monoisotopic (exact) mass is 235 g/mol. The van der Waals surface area contributed by atoms with Gasteiger partial charge in [-0.25, -0.2) is 4.79 Å². The first-order valence-electron chi connectivity index (χ1n) is 3.69. The van der Waals surface area contributed by atoms with Crippen LogP contribution in [0.25, 0.3) is 0 Å². The maximum absolute atomic E-state index is 11.7. The molecule has 1 heterocycles. The van der Waals surface area contributed by atoms with Gasteiger partial charge < -0.3 is 22.8 Å². The van der Waals surface area contributed by atoms with Crippen LogP contribution in [-0.2, 0) is 9.53 Å². The Labute approximate surface area is 83.8 Å².